The van der Waals surface area contributed by atoms with Gasteiger partial charge in [0.2, 0.25) is 12.7 Å². The fraction of sp³-hybridized carbons (Fsp3) is 0.481. The molecule has 13 heteroatoms. The van der Waals surface area contributed by atoms with Crippen LogP contribution < -0.4 is 21.3 Å². The molecule has 2 heterocycles. The molecule has 1 aromatic rings. The number of hydrazone groups is 1. The van der Waals surface area contributed by atoms with Crippen LogP contribution in [0, 0.1) is 12.8 Å². The number of amides is 3. The third kappa shape index (κ3) is 6.30. The van der Waals surface area contributed by atoms with Crippen LogP contribution in [0.4, 0.5) is 10.5 Å². The quantitative estimate of drug-likeness (QED) is 0.307. The van der Waals surface area contributed by atoms with Gasteiger partial charge in [0.1, 0.15) is 18.1 Å². The molecule has 2 aliphatic heterocycles. The van der Waals surface area contributed by atoms with E-state index in [1.54, 1.807) is 37.1 Å². The number of nitrogens with two attached hydrogens (primary N) is 1. The van der Waals surface area contributed by atoms with Gasteiger partial charge in [-0.25, -0.2) is 14.7 Å². The zero-order valence-corrected chi connectivity index (χ0v) is 23.1. The average Bonchev–Trinajstić information content (AvgIpc) is 3.68. The van der Waals surface area contributed by atoms with Crippen molar-refractivity contribution in [3.63, 3.8) is 0 Å². The van der Waals surface area contributed by atoms with Crippen molar-refractivity contribution in [1.29, 1.82) is 0 Å². The highest BCUT2D eigenvalue weighted by Gasteiger charge is 2.41. The van der Waals surface area contributed by atoms with Crippen molar-refractivity contribution in [3.8, 4) is 0 Å². The van der Waals surface area contributed by atoms with E-state index in [0.29, 0.717) is 34.6 Å². The monoisotopic (exact) mass is 553 g/mol. The number of aliphatic imine (C=N–C) groups is 1. The largest absolute Gasteiger partial charge is 0.427 e. The number of hydrogen-bond donors (Lipinski definition) is 3. The van der Waals surface area contributed by atoms with E-state index in [-0.39, 0.29) is 30.2 Å². The molecule has 40 heavy (non-hydrogen) atoms. The molecule has 1 saturated carbocycles. The van der Waals surface area contributed by atoms with Crippen LogP contribution in [0.25, 0.3) is 0 Å². The summed E-state index contributed by atoms with van der Waals surface area (Å²) in [6.45, 7) is 7.12. The molecule has 2 unspecified atom stereocenters. The fourth-order valence-electron chi connectivity index (χ4n) is 4.31. The van der Waals surface area contributed by atoms with Gasteiger partial charge in [0, 0.05) is 18.2 Å². The van der Waals surface area contributed by atoms with E-state index < -0.39 is 30.8 Å². The number of esters is 1. The number of fused-ring (bicyclic) bond motifs is 1. The third-order valence-electron chi connectivity index (χ3n) is 6.73. The number of ether oxygens (including phenoxy) is 2. The van der Waals surface area contributed by atoms with E-state index in [1.165, 1.54) is 18.2 Å². The highest BCUT2D eigenvalue weighted by Crippen LogP contribution is 2.35. The van der Waals surface area contributed by atoms with Crippen molar-refractivity contribution in [1.82, 2.24) is 15.6 Å². The Kier molecular flexibility index (Phi) is 8.83. The van der Waals surface area contributed by atoms with Crippen LogP contribution in [-0.2, 0) is 19.1 Å². The van der Waals surface area contributed by atoms with Crippen LogP contribution in [0.5, 0.6) is 0 Å². The van der Waals surface area contributed by atoms with Gasteiger partial charge in [0.05, 0.1) is 18.2 Å². The van der Waals surface area contributed by atoms with E-state index in [0.717, 1.165) is 19.3 Å². The number of anilines is 1. The second kappa shape index (κ2) is 12.3. The van der Waals surface area contributed by atoms with Crippen LogP contribution in [0.2, 0.25) is 0 Å². The summed E-state index contributed by atoms with van der Waals surface area (Å²) < 4.78 is 10.3. The predicted octanol–water partition coefficient (Wildman–Crippen LogP) is 1.77. The van der Waals surface area contributed by atoms with Gasteiger partial charge in [0.15, 0.2) is 5.84 Å². The summed E-state index contributed by atoms with van der Waals surface area (Å²) in [5, 5.41) is 11.8. The lowest BCUT2D eigenvalue weighted by Gasteiger charge is -2.30. The number of carbonyl (C=O) groups excluding carboxylic acids is 4. The Hall–Kier alpha value is -4.26. The van der Waals surface area contributed by atoms with Gasteiger partial charge in [-0.1, -0.05) is 13.0 Å². The van der Waals surface area contributed by atoms with Gasteiger partial charge in [-0.2, -0.15) is 5.10 Å². The smallest absolute Gasteiger partial charge is 0.423 e. The summed E-state index contributed by atoms with van der Waals surface area (Å²) in [4.78, 5) is 56.8. The number of carbonyl (C=O) groups is 4. The molecule has 3 aliphatic rings. The fourth-order valence-corrected chi connectivity index (χ4v) is 4.31. The molecule has 1 aliphatic carbocycles. The lowest BCUT2D eigenvalue weighted by Crippen LogP contribution is -2.43. The highest BCUT2D eigenvalue weighted by atomic mass is 16.7. The van der Waals surface area contributed by atoms with Crippen LogP contribution in [0.15, 0.2) is 39.6 Å². The molecule has 4 N–H and O–H groups in total. The minimum Gasteiger partial charge on any atom is -0.427 e. The molecule has 0 radical (unpaired) electrons. The first-order valence-electron chi connectivity index (χ1n) is 13.3. The molecule has 1 fully saturated rings. The molecule has 3 amide bonds. The number of rotatable bonds is 9. The third-order valence-corrected chi connectivity index (χ3v) is 6.73. The minimum atomic E-state index is -0.909. The first kappa shape index (κ1) is 28.7. The Morgan fingerprint density at radius 3 is 2.62 bits per heavy atom. The molecule has 4 rings (SSSR count). The Balaban J connectivity index is 1.71. The standard InChI is InChI=1S/C27H35N7O6/c1-5-10-29-25(36)20-12-33-22(16(20)3)23(30-13-31-33)34(27(38)40-14-39-26(37)17(4)28)21-11-18(7-6-15(21)2)24(35)32-19-8-9-19/h6-7,11,13,17,19-20H,5,8-10,12,14,28H2,1-4H3,(H,29,36)(H,32,35). The first-order valence-corrected chi connectivity index (χ1v) is 13.3. The zero-order valence-electron chi connectivity index (χ0n) is 23.1. The predicted molar refractivity (Wildman–Crippen MR) is 147 cm³/mol. The van der Waals surface area contributed by atoms with Crippen LogP contribution in [-0.4, -0.2) is 73.0 Å². The van der Waals surface area contributed by atoms with E-state index in [4.69, 9.17) is 15.2 Å². The summed E-state index contributed by atoms with van der Waals surface area (Å²) >= 11 is 0. The lowest BCUT2D eigenvalue weighted by atomic mass is 10.0. The Morgan fingerprint density at radius 1 is 1.20 bits per heavy atom. The first-order chi connectivity index (χ1) is 19.1. The summed E-state index contributed by atoms with van der Waals surface area (Å²) in [5.74, 6) is -1.51. The molecule has 2 atom stereocenters. The van der Waals surface area contributed by atoms with Crippen molar-refractivity contribution < 1.29 is 28.7 Å². The lowest BCUT2D eigenvalue weighted by molar-refractivity contribution is -0.152. The number of hydrogen-bond acceptors (Lipinski definition) is 10. The van der Waals surface area contributed by atoms with Crippen molar-refractivity contribution in [2.24, 2.45) is 21.7 Å². The Labute approximate surface area is 232 Å². The molecule has 13 nitrogen and oxygen atoms in total. The number of amidine groups is 1. The van der Waals surface area contributed by atoms with Crippen molar-refractivity contribution in [2.45, 2.75) is 59.0 Å². The van der Waals surface area contributed by atoms with Gasteiger partial charge < -0.3 is 25.8 Å². The zero-order chi connectivity index (χ0) is 29.0. The molecular weight excluding hydrogens is 518 g/mol. The van der Waals surface area contributed by atoms with Crippen LogP contribution in [0.3, 0.4) is 0 Å². The van der Waals surface area contributed by atoms with E-state index in [1.807, 2.05) is 6.92 Å². The maximum absolute atomic E-state index is 13.6. The second-order valence-electron chi connectivity index (χ2n) is 10.0. The summed E-state index contributed by atoms with van der Waals surface area (Å²) in [5.41, 5.74) is 8.00. The van der Waals surface area contributed by atoms with Gasteiger partial charge in [-0.3, -0.25) is 19.4 Å². The Bertz CT molecular complexity index is 1280. The average molecular weight is 554 g/mol. The molecule has 1 aromatic carbocycles. The van der Waals surface area contributed by atoms with Gasteiger partial charge in [0.25, 0.3) is 5.91 Å². The summed E-state index contributed by atoms with van der Waals surface area (Å²) in [6.07, 6.45) is 3.02. The number of nitrogens with zero attached hydrogens (tertiary/aromatic N) is 4. The van der Waals surface area contributed by atoms with Gasteiger partial charge in [-0.05, 0) is 63.3 Å². The molecule has 0 saturated heterocycles. The molecular formula is C27H35N7O6. The Morgan fingerprint density at radius 2 is 1.95 bits per heavy atom. The van der Waals surface area contributed by atoms with E-state index >= 15 is 0 Å². The topological polar surface area (TPSA) is 168 Å². The van der Waals surface area contributed by atoms with Crippen LogP contribution in [0.1, 0.15) is 56.0 Å². The molecule has 214 valence electrons. The van der Waals surface area contributed by atoms with E-state index in [9.17, 15) is 19.2 Å². The van der Waals surface area contributed by atoms with Crippen molar-refractivity contribution in [3.05, 3.63) is 40.6 Å². The molecule has 0 spiro atoms. The maximum atomic E-state index is 13.6. The van der Waals surface area contributed by atoms with Crippen LogP contribution >= 0.6 is 0 Å². The molecule has 0 bridgehead atoms. The summed E-state index contributed by atoms with van der Waals surface area (Å²) in [7, 11) is 0. The number of aryl methyl sites for hydroxylation is 1. The normalized spacial score (nSPS) is 18.5. The van der Waals surface area contributed by atoms with Crippen molar-refractivity contribution in [2.75, 3.05) is 24.8 Å². The minimum absolute atomic E-state index is 0.146. The van der Waals surface area contributed by atoms with Gasteiger partial charge in [-0.15, -0.1) is 0 Å². The SMILES string of the molecule is CCCNC(=O)C1CN2N=CN=C(N(C(=O)OCOC(=O)C(C)N)c3cc(C(=O)NC4CC4)ccc3C)C2=C1C. The molecule has 0 aromatic heterocycles. The van der Waals surface area contributed by atoms with Crippen molar-refractivity contribution >= 4 is 41.7 Å². The second-order valence-corrected chi connectivity index (χ2v) is 10.0. The maximum Gasteiger partial charge on any atom is 0.423 e. The summed E-state index contributed by atoms with van der Waals surface area (Å²) in [6, 6.07) is 4.23. The number of benzene rings is 1. The van der Waals surface area contributed by atoms with E-state index in [2.05, 4.69) is 20.7 Å². The number of nitrogens with one attached hydrogen (secondary N) is 2. The highest BCUT2D eigenvalue weighted by molar-refractivity contribution is 6.24. The van der Waals surface area contributed by atoms with Gasteiger partial charge >= 0.3 is 12.1 Å².